The van der Waals surface area contributed by atoms with Crippen LogP contribution in [0.1, 0.15) is 52.6 Å². The molecule has 5 rings (SSSR count). The van der Waals surface area contributed by atoms with Crippen LogP contribution in [0, 0.1) is 6.92 Å². The normalized spacial score (nSPS) is 13.5. The molecule has 4 aromatic rings. The summed E-state index contributed by atoms with van der Waals surface area (Å²) in [5.41, 5.74) is 5.17. The number of nitrogens with zero attached hydrogens (tertiary/aromatic N) is 3. The Morgan fingerprint density at radius 1 is 0.930 bits per heavy atom. The largest absolute Gasteiger partial charge is 0.378 e. The zero-order valence-electron chi connectivity index (χ0n) is 25.2. The van der Waals surface area contributed by atoms with Crippen LogP contribution in [0.4, 0.5) is 17.2 Å². The van der Waals surface area contributed by atoms with Gasteiger partial charge in [0.25, 0.3) is 17.4 Å². The van der Waals surface area contributed by atoms with Crippen molar-refractivity contribution < 1.29 is 14.3 Å². The number of aryl methyl sites for hydroxylation is 1. The van der Waals surface area contributed by atoms with Crippen molar-refractivity contribution in [2.45, 2.75) is 33.1 Å². The summed E-state index contributed by atoms with van der Waals surface area (Å²) in [6.45, 7) is 10.4. The molecule has 0 unspecified atom stereocenters. The van der Waals surface area contributed by atoms with Crippen molar-refractivity contribution in [3.8, 4) is 11.3 Å². The molecule has 0 spiro atoms. The second-order valence-electron chi connectivity index (χ2n) is 11.7. The molecule has 0 aliphatic carbocycles. The van der Waals surface area contributed by atoms with Gasteiger partial charge in [-0.15, -0.1) is 0 Å². The third kappa shape index (κ3) is 6.52. The summed E-state index contributed by atoms with van der Waals surface area (Å²) in [4.78, 5) is 45.6. The molecular formula is C34H37N5O4. The van der Waals surface area contributed by atoms with Crippen molar-refractivity contribution >= 4 is 29.0 Å². The highest BCUT2D eigenvalue weighted by atomic mass is 16.5. The van der Waals surface area contributed by atoms with Crippen molar-refractivity contribution in [3.05, 3.63) is 106 Å². The van der Waals surface area contributed by atoms with Crippen LogP contribution in [-0.2, 0) is 17.2 Å². The summed E-state index contributed by atoms with van der Waals surface area (Å²) in [5.74, 6) is -0.0764. The third-order valence-electron chi connectivity index (χ3n) is 7.60. The summed E-state index contributed by atoms with van der Waals surface area (Å²) in [7, 11) is 1.67. The van der Waals surface area contributed by atoms with E-state index >= 15 is 0 Å². The number of hydrogen-bond acceptors (Lipinski definition) is 6. The van der Waals surface area contributed by atoms with Gasteiger partial charge in [0.2, 0.25) is 0 Å². The van der Waals surface area contributed by atoms with Crippen LogP contribution in [-0.4, -0.2) is 52.6 Å². The van der Waals surface area contributed by atoms with Crippen LogP contribution < -0.4 is 16.2 Å². The Morgan fingerprint density at radius 2 is 1.63 bits per heavy atom. The van der Waals surface area contributed by atoms with Gasteiger partial charge in [-0.05, 0) is 59.9 Å². The quantitative estimate of drug-likeness (QED) is 0.312. The van der Waals surface area contributed by atoms with Gasteiger partial charge in [-0.25, -0.2) is 4.98 Å². The zero-order valence-corrected chi connectivity index (χ0v) is 25.2. The molecule has 9 nitrogen and oxygen atoms in total. The number of carbonyl (C=O) groups excluding carboxylic acids is 2. The number of anilines is 3. The maximum atomic E-state index is 13.4. The van der Waals surface area contributed by atoms with Gasteiger partial charge in [-0.2, -0.15) is 0 Å². The van der Waals surface area contributed by atoms with Gasteiger partial charge >= 0.3 is 0 Å². The lowest BCUT2D eigenvalue weighted by Crippen LogP contribution is -2.40. The van der Waals surface area contributed by atoms with Crippen LogP contribution in [0.5, 0.6) is 0 Å². The Balaban J connectivity index is 1.39. The van der Waals surface area contributed by atoms with Crippen molar-refractivity contribution in [2.75, 3.05) is 36.9 Å². The number of ether oxygens (including phenoxy) is 1. The molecule has 43 heavy (non-hydrogen) atoms. The molecule has 9 heteroatoms. The van der Waals surface area contributed by atoms with Crippen molar-refractivity contribution in [2.24, 2.45) is 7.05 Å². The predicted octanol–water partition coefficient (Wildman–Crippen LogP) is 5.52. The molecule has 0 bridgehead atoms. The van der Waals surface area contributed by atoms with Gasteiger partial charge in [0.1, 0.15) is 0 Å². The van der Waals surface area contributed by atoms with E-state index in [9.17, 15) is 14.4 Å². The van der Waals surface area contributed by atoms with Gasteiger partial charge in [0.15, 0.2) is 5.82 Å². The fraction of sp³-hybridized carbons (Fsp3) is 0.294. The van der Waals surface area contributed by atoms with E-state index in [4.69, 9.17) is 4.74 Å². The number of morpholine rings is 1. The van der Waals surface area contributed by atoms with E-state index in [1.165, 1.54) is 4.57 Å². The number of amides is 2. The van der Waals surface area contributed by atoms with E-state index in [1.54, 1.807) is 42.4 Å². The lowest BCUT2D eigenvalue weighted by atomic mass is 9.83. The van der Waals surface area contributed by atoms with Crippen LogP contribution >= 0.6 is 0 Å². The minimum atomic E-state index is -0.293. The standard InChI is InChI=1S/C34H37N5O4/c1-22-25(10-8-12-28(22)37-31(40)26-9-6-7-11-27(26)34(2,3)4)29-21-38(5)33(42)30(36-29)35-24-15-13-23(14-16-24)32(41)39-17-19-43-20-18-39/h6-16,21H,17-20H2,1-5H3,(H,35,36)(H,37,40). The first-order chi connectivity index (χ1) is 20.5. The molecule has 0 atom stereocenters. The van der Waals surface area contributed by atoms with Crippen molar-refractivity contribution in [1.29, 1.82) is 0 Å². The summed E-state index contributed by atoms with van der Waals surface area (Å²) < 4.78 is 6.81. The SMILES string of the molecule is Cc1c(NC(=O)c2ccccc2C(C)(C)C)cccc1-c1cn(C)c(=O)c(Nc2ccc(C(=O)N3CCOCC3)cc2)n1. The maximum Gasteiger partial charge on any atom is 0.293 e. The fourth-order valence-electron chi connectivity index (χ4n) is 5.17. The molecule has 3 aromatic carbocycles. The Kier molecular flexibility index (Phi) is 8.45. The van der Waals surface area contributed by atoms with Gasteiger partial charge < -0.3 is 24.8 Å². The molecule has 0 saturated carbocycles. The van der Waals surface area contributed by atoms with E-state index in [2.05, 4.69) is 36.4 Å². The smallest absolute Gasteiger partial charge is 0.293 e. The monoisotopic (exact) mass is 579 g/mol. The van der Waals surface area contributed by atoms with Crippen LogP contribution in [0.3, 0.4) is 0 Å². The lowest BCUT2D eigenvalue weighted by molar-refractivity contribution is 0.0303. The van der Waals surface area contributed by atoms with Crippen LogP contribution in [0.15, 0.2) is 77.7 Å². The molecule has 1 aromatic heterocycles. The molecule has 1 saturated heterocycles. The first-order valence-electron chi connectivity index (χ1n) is 14.4. The molecule has 1 aliphatic heterocycles. The average Bonchev–Trinajstić information content (AvgIpc) is 3.00. The van der Waals surface area contributed by atoms with E-state index in [0.717, 1.165) is 16.7 Å². The topological polar surface area (TPSA) is 106 Å². The Hall–Kier alpha value is -4.76. The molecule has 2 heterocycles. The second kappa shape index (κ2) is 12.2. The highest BCUT2D eigenvalue weighted by Crippen LogP contribution is 2.30. The molecule has 0 radical (unpaired) electrons. The molecule has 1 aliphatic rings. The Morgan fingerprint density at radius 3 is 2.33 bits per heavy atom. The van der Waals surface area contributed by atoms with Gasteiger partial charge in [-0.1, -0.05) is 51.1 Å². The molecule has 2 amide bonds. The zero-order chi connectivity index (χ0) is 30.7. The minimum Gasteiger partial charge on any atom is -0.378 e. The number of rotatable bonds is 6. The summed E-state index contributed by atoms with van der Waals surface area (Å²) in [5, 5.41) is 6.20. The van der Waals surface area contributed by atoms with Gasteiger partial charge in [0.05, 0.1) is 18.9 Å². The van der Waals surface area contributed by atoms with E-state index in [0.29, 0.717) is 54.5 Å². The maximum absolute atomic E-state index is 13.4. The molecule has 2 N–H and O–H groups in total. The highest BCUT2D eigenvalue weighted by molar-refractivity contribution is 6.06. The van der Waals surface area contributed by atoms with E-state index < -0.39 is 0 Å². The molecule has 1 fully saturated rings. The van der Waals surface area contributed by atoms with E-state index in [1.807, 2.05) is 49.4 Å². The lowest BCUT2D eigenvalue weighted by Gasteiger charge is -2.26. The Bertz CT molecular complexity index is 1710. The Labute approximate surface area is 251 Å². The number of hydrogen-bond donors (Lipinski definition) is 2. The minimum absolute atomic E-state index is 0.0461. The van der Waals surface area contributed by atoms with Gasteiger partial charge in [-0.3, -0.25) is 14.4 Å². The summed E-state index contributed by atoms with van der Waals surface area (Å²) in [6.07, 6.45) is 1.68. The first kappa shape index (κ1) is 29.7. The van der Waals surface area contributed by atoms with Crippen molar-refractivity contribution in [1.82, 2.24) is 14.5 Å². The third-order valence-corrected chi connectivity index (χ3v) is 7.60. The summed E-state index contributed by atoms with van der Waals surface area (Å²) in [6, 6.07) is 20.3. The highest BCUT2D eigenvalue weighted by Gasteiger charge is 2.22. The second-order valence-corrected chi connectivity index (χ2v) is 11.7. The number of benzene rings is 3. The number of nitrogens with one attached hydrogen (secondary N) is 2. The first-order valence-corrected chi connectivity index (χ1v) is 14.4. The van der Waals surface area contributed by atoms with Crippen LogP contribution in [0.25, 0.3) is 11.3 Å². The average molecular weight is 580 g/mol. The predicted molar refractivity (Wildman–Crippen MR) is 169 cm³/mol. The van der Waals surface area contributed by atoms with E-state index in [-0.39, 0.29) is 28.6 Å². The molecular weight excluding hydrogens is 542 g/mol. The van der Waals surface area contributed by atoms with Crippen LogP contribution in [0.2, 0.25) is 0 Å². The summed E-state index contributed by atoms with van der Waals surface area (Å²) >= 11 is 0. The van der Waals surface area contributed by atoms with Gasteiger partial charge in [0, 0.05) is 54.4 Å². The number of aromatic nitrogens is 2. The molecule has 222 valence electrons. The number of carbonyl (C=O) groups is 2. The fourth-order valence-corrected chi connectivity index (χ4v) is 5.17. The van der Waals surface area contributed by atoms with Crippen molar-refractivity contribution in [3.63, 3.8) is 0 Å².